The molecule has 1 heterocycles. The number of rotatable bonds is 4. The molecule has 1 aromatic heterocycles. The molecule has 0 atom stereocenters. The Balaban J connectivity index is 0.000000399. The van der Waals surface area contributed by atoms with E-state index >= 15 is 0 Å². The second-order valence-corrected chi connectivity index (χ2v) is 4.24. The number of benzene rings is 1. The molecular formula is C14H14BrNO3. The van der Waals surface area contributed by atoms with Gasteiger partial charge in [-0.15, -0.1) is 0 Å². The summed E-state index contributed by atoms with van der Waals surface area (Å²) in [6.45, 7) is 0.949. The van der Waals surface area contributed by atoms with Crippen LogP contribution in [0.4, 0.5) is 0 Å². The molecule has 19 heavy (non-hydrogen) atoms. The van der Waals surface area contributed by atoms with Gasteiger partial charge in [0.15, 0.2) is 0 Å². The molecule has 2 aromatic rings. The van der Waals surface area contributed by atoms with E-state index in [4.69, 9.17) is 9.53 Å². The number of aromatic nitrogens is 1. The zero-order chi connectivity index (χ0) is 13.9. The molecule has 0 radical (unpaired) electrons. The highest BCUT2D eigenvalue weighted by molar-refractivity contribution is 9.10. The minimum Gasteiger partial charge on any atom is -0.487 e. The number of carbonyl (C=O) groups excluding carboxylic acids is 1. The Hall–Kier alpha value is -1.88. The van der Waals surface area contributed by atoms with Crippen LogP contribution in [0.15, 0.2) is 53.3 Å². The van der Waals surface area contributed by atoms with E-state index in [0.29, 0.717) is 13.1 Å². The van der Waals surface area contributed by atoms with E-state index in [1.54, 1.807) is 6.20 Å². The lowest BCUT2D eigenvalue weighted by Crippen LogP contribution is -1.95. The molecule has 2 rings (SSSR count). The van der Waals surface area contributed by atoms with Gasteiger partial charge in [-0.2, -0.15) is 0 Å². The van der Waals surface area contributed by atoms with E-state index in [2.05, 4.69) is 25.7 Å². The fourth-order valence-corrected chi connectivity index (χ4v) is 1.42. The largest absolute Gasteiger partial charge is 0.487 e. The maximum Gasteiger partial charge on any atom is 0.292 e. The molecule has 0 aliphatic rings. The second kappa shape index (κ2) is 9.10. The van der Waals surface area contributed by atoms with Crippen molar-refractivity contribution in [1.82, 2.24) is 4.98 Å². The summed E-state index contributed by atoms with van der Waals surface area (Å²) in [5.41, 5.74) is 1.15. The van der Waals surface area contributed by atoms with Crippen LogP contribution in [0.5, 0.6) is 5.75 Å². The average molecular weight is 324 g/mol. The number of halogens is 1. The van der Waals surface area contributed by atoms with Gasteiger partial charge in [-0.3, -0.25) is 4.79 Å². The molecular weight excluding hydrogens is 310 g/mol. The lowest BCUT2D eigenvalue weighted by atomic mass is 10.2. The van der Waals surface area contributed by atoms with Gasteiger partial charge in [-0.1, -0.05) is 30.3 Å². The summed E-state index contributed by atoms with van der Waals surface area (Å²) >= 11 is 3.27. The Bertz CT molecular complexity index is 474. The first-order valence-corrected chi connectivity index (χ1v) is 6.30. The van der Waals surface area contributed by atoms with Crippen molar-refractivity contribution in [1.29, 1.82) is 0 Å². The molecule has 0 N–H and O–H groups in total. The van der Waals surface area contributed by atoms with Gasteiger partial charge in [0.2, 0.25) is 0 Å². The van der Waals surface area contributed by atoms with Crippen molar-refractivity contribution in [3.63, 3.8) is 0 Å². The normalized spacial score (nSPS) is 8.95. The highest BCUT2D eigenvalue weighted by Crippen LogP contribution is 2.14. The Morgan fingerprint density at radius 1 is 1.21 bits per heavy atom. The molecule has 0 spiro atoms. The fourth-order valence-electron chi connectivity index (χ4n) is 1.19. The predicted octanol–water partition coefficient (Wildman–Crippen LogP) is 3.21. The molecule has 0 aliphatic carbocycles. The summed E-state index contributed by atoms with van der Waals surface area (Å²) in [5, 5.41) is 0. The molecule has 0 unspecified atom stereocenters. The zero-order valence-electron chi connectivity index (χ0n) is 10.5. The predicted molar refractivity (Wildman–Crippen MR) is 75.8 cm³/mol. The van der Waals surface area contributed by atoms with Crippen LogP contribution >= 0.6 is 15.9 Å². The summed E-state index contributed by atoms with van der Waals surface area (Å²) in [6.07, 6.45) is 1.70. The molecule has 4 nitrogen and oxygen atoms in total. The maximum absolute atomic E-state index is 8.95. The first-order valence-electron chi connectivity index (χ1n) is 5.51. The standard InChI is InChI=1S/C12H10BrNO.C2H4O2/c13-12-7-6-11(8-14-12)15-9-10-4-2-1-3-5-10;1-4-2-3/h1-8H,9H2;2H,1H3. The molecule has 1 aromatic carbocycles. The van der Waals surface area contributed by atoms with E-state index in [0.717, 1.165) is 15.9 Å². The number of pyridine rings is 1. The van der Waals surface area contributed by atoms with Crippen molar-refractivity contribution >= 4 is 22.4 Å². The van der Waals surface area contributed by atoms with E-state index < -0.39 is 0 Å². The van der Waals surface area contributed by atoms with Crippen LogP contribution in [0.1, 0.15) is 5.56 Å². The molecule has 5 heteroatoms. The third kappa shape index (κ3) is 6.57. The average Bonchev–Trinajstić information content (AvgIpc) is 2.48. The van der Waals surface area contributed by atoms with Crippen LogP contribution in [-0.4, -0.2) is 18.6 Å². The van der Waals surface area contributed by atoms with Gasteiger partial charge >= 0.3 is 0 Å². The van der Waals surface area contributed by atoms with Crippen LogP contribution < -0.4 is 4.74 Å². The summed E-state index contributed by atoms with van der Waals surface area (Å²) in [4.78, 5) is 13.0. The highest BCUT2D eigenvalue weighted by Gasteiger charge is 1.95. The van der Waals surface area contributed by atoms with Crippen LogP contribution in [0.3, 0.4) is 0 Å². The number of nitrogens with zero attached hydrogens (tertiary/aromatic N) is 1. The topological polar surface area (TPSA) is 48.4 Å². The van der Waals surface area contributed by atoms with E-state index in [9.17, 15) is 0 Å². The maximum atomic E-state index is 8.95. The van der Waals surface area contributed by atoms with Gasteiger partial charge in [0.25, 0.3) is 6.47 Å². The van der Waals surface area contributed by atoms with E-state index in [-0.39, 0.29) is 0 Å². The summed E-state index contributed by atoms with van der Waals surface area (Å²) in [7, 11) is 1.31. The van der Waals surface area contributed by atoms with Crippen LogP contribution in [0.2, 0.25) is 0 Å². The zero-order valence-corrected chi connectivity index (χ0v) is 12.0. The van der Waals surface area contributed by atoms with Gasteiger partial charge < -0.3 is 9.47 Å². The molecule has 0 saturated heterocycles. The van der Waals surface area contributed by atoms with Gasteiger partial charge in [0, 0.05) is 0 Å². The van der Waals surface area contributed by atoms with Gasteiger partial charge in [-0.25, -0.2) is 4.98 Å². The van der Waals surface area contributed by atoms with Crippen molar-refractivity contribution in [2.45, 2.75) is 6.61 Å². The van der Waals surface area contributed by atoms with Gasteiger partial charge in [0.1, 0.15) is 17.0 Å². The number of carbonyl (C=O) groups is 1. The lowest BCUT2D eigenvalue weighted by Gasteiger charge is -2.05. The lowest BCUT2D eigenvalue weighted by molar-refractivity contribution is -0.126. The Morgan fingerprint density at radius 2 is 1.89 bits per heavy atom. The van der Waals surface area contributed by atoms with Gasteiger partial charge in [-0.05, 0) is 33.6 Å². The van der Waals surface area contributed by atoms with Crippen molar-refractivity contribution in [3.05, 3.63) is 58.8 Å². The molecule has 100 valence electrons. The number of methoxy groups -OCH3 is 1. The van der Waals surface area contributed by atoms with Crippen LogP contribution in [0.25, 0.3) is 0 Å². The van der Waals surface area contributed by atoms with Crippen LogP contribution in [0, 0.1) is 0 Å². The monoisotopic (exact) mass is 323 g/mol. The highest BCUT2D eigenvalue weighted by atomic mass is 79.9. The van der Waals surface area contributed by atoms with Crippen molar-refractivity contribution in [2.24, 2.45) is 0 Å². The Morgan fingerprint density at radius 3 is 2.42 bits per heavy atom. The molecule has 0 amide bonds. The van der Waals surface area contributed by atoms with Crippen molar-refractivity contribution in [2.75, 3.05) is 7.11 Å². The first kappa shape index (κ1) is 15.2. The third-order valence-corrected chi connectivity index (χ3v) is 2.51. The number of hydrogen-bond donors (Lipinski definition) is 0. The molecule has 0 aliphatic heterocycles. The summed E-state index contributed by atoms with van der Waals surface area (Å²) < 4.78 is 10.2. The smallest absolute Gasteiger partial charge is 0.292 e. The number of hydrogen-bond acceptors (Lipinski definition) is 4. The summed E-state index contributed by atoms with van der Waals surface area (Å²) in [6, 6.07) is 13.8. The molecule has 0 fully saturated rings. The number of ether oxygens (including phenoxy) is 2. The fraction of sp³-hybridized carbons (Fsp3) is 0.143. The quantitative estimate of drug-likeness (QED) is 0.640. The van der Waals surface area contributed by atoms with E-state index in [1.807, 2.05) is 42.5 Å². The Kier molecular flexibility index (Phi) is 7.27. The van der Waals surface area contributed by atoms with Crippen molar-refractivity contribution < 1.29 is 14.3 Å². The van der Waals surface area contributed by atoms with E-state index in [1.165, 1.54) is 7.11 Å². The third-order valence-electron chi connectivity index (χ3n) is 2.04. The molecule has 0 saturated carbocycles. The van der Waals surface area contributed by atoms with Crippen LogP contribution in [-0.2, 0) is 16.1 Å². The minimum atomic E-state index is 0.375. The minimum absolute atomic E-state index is 0.375. The van der Waals surface area contributed by atoms with Crippen molar-refractivity contribution in [3.8, 4) is 5.75 Å². The van der Waals surface area contributed by atoms with Gasteiger partial charge in [0.05, 0.1) is 13.3 Å². The Labute approximate surface area is 120 Å². The second-order valence-electron chi connectivity index (χ2n) is 3.42. The first-order chi connectivity index (χ1) is 9.26. The molecule has 0 bridgehead atoms. The summed E-state index contributed by atoms with van der Waals surface area (Å²) in [5.74, 6) is 0.780. The SMILES string of the molecule is Brc1ccc(OCc2ccccc2)cn1.COC=O.